The maximum atomic E-state index is 13.1. The summed E-state index contributed by atoms with van der Waals surface area (Å²) in [5.41, 5.74) is 1.02. The van der Waals surface area contributed by atoms with Crippen LogP contribution in [0.4, 0.5) is 0 Å². The molecule has 0 amide bonds. The average molecular weight is 535 g/mol. The van der Waals surface area contributed by atoms with Crippen molar-refractivity contribution >= 4 is 11.9 Å². The van der Waals surface area contributed by atoms with Crippen LogP contribution < -0.4 is 9.47 Å². The lowest BCUT2D eigenvalue weighted by atomic mass is 9.99. The summed E-state index contributed by atoms with van der Waals surface area (Å²) in [6.45, 7) is -1.11. The third kappa shape index (κ3) is 5.47. The van der Waals surface area contributed by atoms with Crippen LogP contribution >= 0.6 is 0 Å². The molecule has 12 heteroatoms. The second-order valence-electron chi connectivity index (χ2n) is 9.04. The summed E-state index contributed by atoms with van der Waals surface area (Å²) in [7, 11) is 1.38. The lowest BCUT2D eigenvalue weighted by Gasteiger charge is -2.39. The molecule has 0 aromatic heterocycles. The number of rotatable bonds is 9. The largest absolute Gasteiger partial charge is 0.504 e. The number of benzene rings is 2. The van der Waals surface area contributed by atoms with Gasteiger partial charge in [-0.3, -0.25) is 4.79 Å². The molecule has 0 aliphatic carbocycles. The molecular formula is C26H30O12. The first-order valence-electron chi connectivity index (χ1n) is 11.8. The summed E-state index contributed by atoms with van der Waals surface area (Å²) in [5.74, 6) is -1.17. The summed E-state index contributed by atoms with van der Waals surface area (Å²) in [6.07, 6.45) is -5.06. The highest BCUT2D eigenvalue weighted by atomic mass is 16.7. The van der Waals surface area contributed by atoms with Crippen molar-refractivity contribution in [1.29, 1.82) is 0 Å². The zero-order valence-electron chi connectivity index (χ0n) is 20.4. The zero-order chi connectivity index (χ0) is 27.6. The van der Waals surface area contributed by atoms with Crippen molar-refractivity contribution in [3.63, 3.8) is 0 Å². The van der Waals surface area contributed by atoms with Crippen molar-refractivity contribution in [3.05, 3.63) is 53.1 Å². The van der Waals surface area contributed by atoms with E-state index < -0.39 is 55.1 Å². The van der Waals surface area contributed by atoms with Gasteiger partial charge in [0.25, 0.3) is 0 Å². The van der Waals surface area contributed by atoms with Crippen molar-refractivity contribution in [2.24, 2.45) is 5.92 Å². The molecule has 1 fully saturated rings. The molecule has 0 spiro atoms. The van der Waals surface area contributed by atoms with Crippen molar-refractivity contribution in [2.75, 3.05) is 26.9 Å². The maximum Gasteiger partial charge on any atom is 0.211 e. The van der Waals surface area contributed by atoms with Gasteiger partial charge in [-0.05, 0) is 29.8 Å². The minimum atomic E-state index is -1.59. The molecule has 0 radical (unpaired) electrons. The van der Waals surface area contributed by atoms with Crippen LogP contribution in [0.5, 0.6) is 23.0 Å². The molecule has 0 bridgehead atoms. The van der Waals surface area contributed by atoms with E-state index in [0.29, 0.717) is 11.1 Å². The molecular weight excluding hydrogens is 504 g/mol. The van der Waals surface area contributed by atoms with Gasteiger partial charge in [-0.15, -0.1) is 0 Å². The number of phenols is 2. The van der Waals surface area contributed by atoms with E-state index in [1.54, 1.807) is 12.2 Å². The molecule has 12 nitrogen and oxygen atoms in total. The van der Waals surface area contributed by atoms with Gasteiger partial charge in [-0.25, -0.2) is 0 Å². The van der Waals surface area contributed by atoms with Gasteiger partial charge in [0.2, 0.25) is 5.78 Å². The number of carbonyl (C=O) groups excluding carboxylic acids is 1. The van der Waals surface area contributed by atoms with Crippen LogP contribution in [0.1, 0.15) is 27.6 Å². The van der Waals surface area contributed by atoms with Crippen LogP contribution in [0.2, 0.25) is 0 Å². The zero-order valence-corrected chi connectivity index (χ0v) is 20.4. The number of carbonyl (C=O) groups is 1. The van der Waals surface area contributed by atoms with Gasteiger partial charge < -0.3 is 54.7 Å². The fourth-order valence-electron chi connectivity index (χ4n) is 4.27. The molecule has 0 saturated carbocycles. The second kappa shape index (κ2) is 11.7. The Labute approximate surface area is 217 Å². The topological polar surface area (TPSA) is 196 Å². The van der Waals surface area contributed by atoms with Gasteiger partial charge in [0.05, 0.1) is 32.5 Å². The van der Waals surface area contributed by atoms with Gasteiger partial charge in [0, 0.05) is 11.5 Å². The summed E-state index contributed by atoms with van der Waals surface area (Å²) >= 11 is 0. The van der Waals surface area contributed by atoms with Gasteiger partial charge in [-0.1, -0.05) is 18.2 Å². The smallest absolute Gasteiger partial charge is 0.211 e. The number of fused-ring (bicyclic) bond motifs is 1. The number of aliphatic hydroxyl groups excluding tert-OH is 5. The van der Waals surface area contributed by atoms with Crippen molar-refractivity contribution < 1.29 is 59.5 Å². The summed E-state index contributed by atoms with van der Waals surface area (Å²) in [4.78, 5) is 13.1. The number of hydrogen-bond donors (Lipinski definition) is 7. The third-order valence-electron chi connectivity index (χ3n) is 6.46. The van der Waals surface area contributed by atoms with Crippen LogP contribution in [-0.2, 0) is 9.47 Å². The molecule has 38 heavy (non-hydrogen) atoms. The number of aliphatic hydroxyl groups is 5. The highest BCUT2D eigenvalue weighted by Gasteiger charge is 2.44. The van der Waals surface area contributed by atoms with Gasteiger partial charge in [-0.2, -0.15) is 0 Å². The Hall–Kier alpha value is -3.23. The Morgan fingerprint density at radius 1 is 1.03 bits per heavy atom. The van der Waals surface area contributed by atoms with Crippen LogP contribution in [0.3, 0.4) is 0 Å². The Kier molecular flexibility index (Phi) is 8.53. The van der Waals surface area contributed by atoms with E-state index in [4.69, 9.17) is 18.9 Å². The Bertz CT molecular complexity index is 1180. The molecule has 4 rings (SSSR count). The highest BCUT2D eigenvalue weighted by Crippen LogP contribution is 2.44. The molecule has 206 valence electrons. The number of Topliss-reactive ketones (excluding diaryl/α,β-unsaturated/α-hetero) is 1. The molecule has 2 aromatic rings. The minimum absolute atomic E-state index is 0.0221. The number of ether oxygens (including phenoxy) is 4. The molecule has 0 unspecified atom stereocenters. The molecule has 2 heterocycles. The van der Waals surface area contributed by atoms with Gasteiger partial charge in [0.15, 0.2) is 35.4 Å². The van der Waals surface area contributed by atoms with Crippen LogP contribution in [0, 0.1) is 5.92 Å². The molecule has 1 saturated heterocycles. The van der Waals surface area contributed by atoms with E-state index in [1.807, 2.05) is 0 Å². The van der Waals surface area contributed by atoms with Crippen molar-refractivity contribution in [1.82, 2.24) is 0 Å². The minimum Gasteiger partial charge on any atom is -0.504 e. The van der Waals surface area contributed by atoms with Gasteiger partial charge in [0.1, 0.15) is 24.4 Å². The van der Waals surface area contributed by atoms with E-state index in [9.17, 15) is 40.5 Å². The second-order valence-corrected chi connectivity index (χ2v) is 9.04. The first-order chi connectivity index (χ1) is 18.2. The van der Waals surface area contributed by atoms with E-state index in [2.05, 4.69) is 0 Å². The molecule has 7 atom stereocenters. The lowest BCUT2D eigenvalue weighted by Crippen LogP contribution is -2.59. The lowest BCUT2D eigenvalue weighted by molar-refractivity contribution is -0.302. The fourth-order valence-corrected chi connectivity index (χ4v) is 4.27. The Morgan fingerprint density at radius 3 is 2.47 bits per heavy atom. The number of methoxy groups -OCH3 is 1. The Balaban J connectivity index is 1.45. The molecule has 2 aliphatic rings. The number of phenolic OH excluding ortho intramolecular Hbond substituents is 2. The molecule has 2 aliphatic heterocycles. The predicted octanol–water partition coefficient (Wildman–Crippen LogP) is -0.139. The van der Waals surface area contributed by atoms with Crippen LogP contribution in [-0.4, -0.2) is 99.2 Å². The number of ketones is 1. The monoisotopic (exact) mass is 534 g/mol. The number of aromatic hydroxyl groups is 2. The first kappa shape index (κ1) is 27.8. The maximum absolute atomic E-state index is 13.1. The summed E-state index contributed by atoms with van der Waals surface area (Å²) < 4.78 is 21.6. The SMILES string of the molecule is COc1cc([C@@H]2Oc3c(O)cc(C=C[C@H](CO)CO[C@@H]4O[C@@H](CO)[C@H](O)[C@H](O)[C@H]4O)cc3C2=O)ccc1O. The molecule has 7 N–H and O–H groups in total. The normalized spacial score (nSPS) is 27.8. The standard InChI is InChI=1S/C26H30O12/c1-35-18-8-14(4-5-16(18)29)24-20(31)15-6-12(7-17(30)25(15)38-24)2-3-13(9-27)11-36-26-23(34)22(33)21(32)19(10-28)37-26/h2-8,13,19,21-24,26-30,32-34H,9-11H2,1H3/t13-,19+,21+,22+,23-,24+,26-/m1/s1. The van der Waals surface area contributed by atoms with Crippen LogP contribution in [0.15, 0.2) is 36.4 Å². The summed E-state index contributed by atoms with van der Waals surface area (Å²) in [5, 5.41) is 69.2. The van der Waals surface area contributed by atoms with Crippen molar-refractivity contribution in [2.45, 2.75) is 36.8 Å². The van der Waals surface area contributed by atoms with E-state index in [1.165, 1.54) is 37.4 Å². The van der Waals surface area contributed by atoms with Crippen molar-refractivity contribution in [3.8, 4) is 23.0 Å². The van der Waals surface area contributed by atoms with E-state index >= 15 is 0 Å². The number of hydrogen-bond acceptors (Lipinski definition) is 12. The van der Waals surface area contributed by atoms with Gasteiger partial charge >= 0.3 is 0 Å². The quantitative estimate of drug-likeness (QED) is 0.225. The van der Waals surface area contributed by atoms with E-state index in [-0.39, 0.29) is 41.8 Å². The Morgan fingerprint density at radius 2 is 1.79 bits per heavy atom. The van der Waals surface area contributed by atoms with E-state index in [0.717, 1.165) is 0 Å². The predicted molar refractivity (Wildman–Crippen MR) is 130 cm³/mol. The average Bonchev–Trinajstić information content (AvgIpc) is 3.25. The molecule has 2 aromatic carbocycles. The third-order valence-corrected chi connectivity index (χ3v) is 6.46. The summed E-state index contributed by atoms with van der Waals surface area (Å²) in [6, 6.07) is 7.28. The first-order valence-corrected chi connectivity index (χ1v) is 11.8. The highest BCUT2D eigenvalue weighted by molar-refractivity contribution is 6.06. The van der Waals surface area contributed by atoms with Crippen LogP contribution in [0.25, 0.3) is 6.08 Å². The fraction of sp³-hybridized carbons (Fsp3) is 0.423.